The van der Waals surface area contributed by atoms with Gasteiger partial charge in [-0.3, -0.25) is 5.10 Å². The van der Waals surface area contributed by atoms with Crippen molar-refractivity contribution in [3.05, 3.63) is 35.4 Å². The number of halogens is 6. The zero-order valence-electron chi connectivity index (χ0n) is 14.3. The lowest BCUT2D eigenvalue weighted by Crippen LogP contribution is -2.11. The van der Waals surface area contributed by atoms with Gasteiger partial charge in [0.05, 0.1) is 11.1 Å². The quantitative estimate of drug-likeness (QED) is 0.255. The van der Waals surface area contributed by atoms with Gasteiger partial charge in [-0.25, -0.2) is 15.0 Å². The average Bonchev–Trinajstić information content (AvgIpc) is 3.07. The fraction of sp³-hybridized carbons (Fsp3) is 0.200. The summed E-state index contributed by atoms with van der Waals surface area (Å²) in [6.07, 6.45) is -8.18. The Labute approximate surface area is 167 Å². The van der Waals surface area contributed by atoms with E-state index in [0.29, 0.717) is 22.3 Å². The van der Waals surface area contributed by atoms with Crippen molar-refractivity contribution >= 4 is 29.3 Å². The molecule has 0 atom stereocenters. The minimum atomic E-state index is -4.96. The van der Waals surface area contributed by atoms with Crippen LogP contribution >= 0.6 is 23.5 Å². The molecule has 0 aliphatic carbocycles. The number of H-pyrrole nitrogens is 1. The third kappa shape index (κ3) is 5.12. The van der Waals surface area contributed by atoms with Gasteiger partial charge in [0.25, 0.3) is 0 Å². The summed E-state index contributed by atoms with van der Waals surface area (Å²) in [6, 6.07) is 2.62. The second-order valence-electron chi connectivity index (χ2n) is 5.48. The molecule has 3 N–H and O–H groups in total. The summed E-state index contributed by atoms with van der Waals surface area (Å²) in [5.74, 6) is -0.0634. The van der Waals surface area contributed by atoms with Crippen molar-refractivity contribution in [1.29, 1.82) is 0 Å². The summed E-state index contributed by atoms with van der Waals surface area (Å²) < 4.78 is 78.0. The number of rotatable bonds is 4. The molecule has 0 unspecified atom stereocenters. The SMILES string of the molecule is CSc1nc(N)cc(Sc2n[nH]c(-c3cc(C(F)(F)F)cc(C(F)(F)F)c3)n2)n1. The number of nitrogen functional groups attached to an aromatic ring is 1. The zero-order valence-corrected chi connectivity index (χ0v) is 15.9. The first-order valence-electron chi connectivity index (χ1n) is 7.54. The van der Waals surface area contributed by atoms with Crippen molar-refractivity contribution < 1.29 is 26.3 Å². The zero-order chi connectivity index (χ0) is 21.4. The van der Waals surface area contributed by atoms with Gasteiger partial charge in [0.1, 0.15) is 10.8 Å². The molecule has 2 aromatic heterocycles. The van der Waals surface area contributed by atoms with Crippen LogP contribution in [0.1, 0.15) is 11.1 Å². The maximum Gasteiger partial charge on any atom is 0.416 e. The number of aromatic amines is 1. The van der Waals surface area contributed by atoms with Gasteiger partial charge in [0.15, 0.2) is 11.0 Å². The maximum absolute atomic E-state index is 13.0. The lowest BCUT2D eigenvalue weighted by atomic mass is 10.0. The molecule has 0 saturated carbocycles. The normalized spacial score (nSPS) is 12.4. The lowest BCUT2D eigenvalue weighted by molar-refractivity contribution is -0.143. The maximum atomic E-state index is 13.0. The summed E-state index contributed by atoms with van der Waals surface area (Å²) in [4.78, 5) is 12.1. The van der Waals surface area contributed by atoms with Crippen LogP contribution in [0, 0.1) is 0 Å². The lowest BCUT2D eigenvalue weighted by Gasteiger charge is -2.13. The van der Waals surface area contributed by atoms with Crippen molar-refractivity contribution in [3.8, 4) is 11.4 Å². The van der Waals surface area contributed by atoms with Gasteiger partial charge in [-0.05, 0) is 36.2 Å². The van der Waals surface area contributed by atoms with Crippen LogP contribution in [0.4, 0.5) is 32.2 Å². The monoisotopic (exact) mass is 452 g/mol. The minimum absolute atomic E-state index is 0.0381. The number of nitrogens with one attached hydrogen (secondary N) is 1. The molecule has 3 rings (SSSR count). The third-order valence-electron chi connectivity index (χ3n) is 3.41. The molecule has 0 fully saturated rings. The van der Waals surface area contributed by atoms with E-state index < -0.39 is 29.0 Å². The number of hydrogen-bond acceptors (Lipinski definition) is 7. The van der Waals surface area contributed by atoms with Crippen LogP contribution in [0.15, 0.2) is 39.6 Å². The number of nitrogens with two attached hydrogens (primary N) is 1. The molecular formula is C15H10F6N6S2. The van der Waals surface area contributed by atoms with Gasteiger partial charge >= 0.3 is 12.4 Å². The molecule has 29 heavy (non-hydrogen) atoms. The fourth-order valence-corrected chi connectivity index (χ4v) is 3.34. The molecule has 0 aliphatic rings. The molecule has 1 aromatic carbocycles. The van der Waals surface area contributed by atoms with E-state index in [9.17, 15) is 26.3 Å². The highest BCUT2D eigenvalue weighted by Gasteiger charge is 2.37. The third-order valence-corrected chi connectivity index (χ3v) is 4.74. The van der Waals surface area contributed by atoms with Gasteiger partial charge in [0.2, 0.25) is 5.16 Å². The Morgan fingerprint density at radius 3 is 2.03 bits per heavy atom. The van der Waals surface area contributed by atoms with E-state index in [1.54, 1.807) is 6.26 Å². The molecule has 0 amide bonds. The van der Waals surface area contributed by atoms with E-state index in [-0.39, 0.29) is 22.9 Å². The standard InChI is InChI=1S/C15H10F6N6S2/c1-28-12-23-9(22)5-10(24-12)29-13-25-11(26-27-13)6-2-7(14(16,17)18)4-8(3-6)15(19,20)21/h2-5H,1H3,(H2,22,23,24)(H,25,26,27). The summed E-state index contributed by atoms with van der Waals surface area (Å²) in [7, 11) is 0. The molecule has 2 heterocycles. The molecule has 0 bridgehead atoms. The van der Waals surface area contributed by atoms with Crippen LogP contribution in [-0.2, 0) is 12.4 Å². The summed E-state index contributed by atoms with van der Waals surface area (Å²) in [5, 5.41) is 6.95. The predicted molar refractivity (Wildman–Crippen MR) is 94.2 cm³/mol. The topological polar surface area (TPSA) is 93.4 Å². The molecule has 14 heteroatoms. The Kier molecular flexibility index (Phi) is 5.67. The van der Waals surface area contributed by atoms with Crippen LogP contribution < -0.4 is 5.73 Å². The highest BCUT2D eigenvalue weighted by Crippen LogP contribution is 2.38. The van der Waals surface area contributed by atoms with Crippen LogP contribution in [0.2, 0.25) is 0 Å². The average molecular weight is 452 g/mol. The molecule has 0 aliphatic heterocycles. The van der Waals surface area contributed by atoms with Crippen molar-refractivity contribution in [2.24, 2.45) is 0 Å². The number of alkyl halides is 6. The van der Waals surface area contributed by atoms with Crippen molar-refractivity contribution in [2.45, 2.75) is 27.7 Å². The first-order valence-corrected chi connectivity index (χ1v) is 9.58. The Bertz CT molecular complexity index is 1000. The van der Waals surface area contributed by atoms with E-state index in [1.165, 1.54) is 17.8 Å². The van der Waals surface area contributed by atoms with E-state index in [0.717, 1.165) is 11.8 Å². The number of hydrogen-bond donors (Lipinski definition) is 2. The summed E-state index contributed by atoms with van der Waals surface area (Å²) >= 11 is 2.16. The van der Waals surface area contributed by atoms with Crippen LogP contribution in [0.25, 0.3) is 11.4 Å². The number of thioether (sulfide) groups is 1. The smallest absolute Gasteiger partial charge is 0.384 e. The Hall–Kier alpha value is -2.48. The predicted octanol–water partition coefficient (Wildman–Crippen LogP) is 4.75. The summed E-state index contributed by atoms with van der Waals surface area (Å²) in [6.45, 7) is 0. The number of nitrogens with zero attached hydrogens (tertiary/aromatic N) is 4. The van der Waals surface area contributed by atoms with Crippen molar-refractivity contribution in [1.82, 2.24) is 25.1 Å². The molecule has 0 saturated heterocycles. The van der Waals surface area contributed by atoms with Crippen LogP contribution in [-0.4, -0.2) is 31.4 Å². The van der Waals surface area contributed by atoms with E-state index >= 15 is 0 Å². The Morgan fingerprint density at radius 1 is 0.862 bits per heavy atom. The van der Waals surface area contributed by atoms with Crippen LogP contribution in [0.3, 0.4) is 0 Å². The van der Waals surface area contributed by atoms with Crippen LogP contribution in [0.5, 0.6) is 0 Å². The molecular weight excluding hydrogens is 442 g/mol. The van der Waals surface area contributed by atoms with Gasteiger partial charge < -0.3 is 5.73 Å². The fourth-order valence-electron chi connectivity index (χ4n) is 2.17. The van der Waals surface area contributed by atoms with E-state index in [2.05, 4.69) is 25.1 Å². The number of benzene rings is 1. The van der Waals surface area contributed by atoms with Crippen molar-refractivity contribution in [3.63, 3.8) is 0 Å². The number of aromatic nitrogens is 5. The van der Waals surface area contributed by atoms with Gasteiger partial charge in [-0.1, -0.05) is 11.8 Å². The first kappa shape index (κ1) is 21.2. The highest BCUT2D eigenvalue weighted by atomic mass is 32.2. The second-order valence-corrected chi connectivity index (χ2v) is 7.24. The van der Waals surface area contributed by atoms with Gasteiger partial charge in [-0.2, -0.15) is 26.3 Å². The number of anilines is 1. The molecule has 6 nitrogen and oxygen atoms in total. The molecule has 154 valence electrons. The van der Waals surface area contributed by atoms with Gasteiger partial charge in [0, 0.05) is 11.6 Å². The Balaban J connectivity index is 1.97. The molecule has 0 radical (unpaired) electrons. The van der Waals surface area contributed by atoms with Crippen molar-refractivity contribution in [2.75, 3.05) is 12.0 Å². The second kappa shape index (κ2) is 7.74. The summed E-state index contributed by atoms with van der Waals surface area (Å²) in [5.41, 5.74) is 2.37. The first-order chi connectivity index (χ1) is 13.5. The highest BCUT2D eigenvalue weighted by molar-refractivity contribution is 7.99. The van der Waals surface area contributed by atoms with Gasteiger partial charge in [-0.15, -0.1) is 5.10 Å². The minimum Gasteiger partial charge on any atom is -0.384 e. The molecule has 0 spiro atoms. The van der Waals surface area contributed by atoms with E-state index in [4.69, 9.17) is 5.73 Å². The Morgan fingerprint density at radius 2 is 1.48 bits per heavy atom. The largest absolute Gasteiger partial charge is 0.416 e. The van der Waals surface area contributed by atoms with E-state index in [1.807, 2.05) is 0 Å². The molecule has 3 aromatic rings.